The number of hydrogen-bond donors (Lipinski definition) is 0. The first-order valence-corrected chi connectivity index (χ1v) is 17.5. The summed E-state index contributed by atoms with van der Waals surface area (Å²) in [7, 11) is -5.29. The van der Waals surface area contributed by atoms with Crippen LogP contribution in [-0.4, -0.2) is 71.8 Å². The zero-order chi connectivity index (χ0) is 27.8. The van der Waals surface area contributed by atoms with Crippen LogP contribution in [0.5, 0.6) is 0 Å². The van der Waals surface area contributed by atoms with Gasteiger partial charge in [0.25, 0.3) is 0 Å². The number of alkyl halides is 3. The molecule has 0 unspecified atom stereocenters. The van der Waals surface area contributed by atoms with Gasteiger partial charge in [-0.05, 0) is 23.7 Å². The van der Waals surface area contributed by atoms with Crippen LogP contribution in [0.2, 0.25) is 25.7 Å². The Labute approximate surface area is 220 Å². The van der Waals surface area contributed by atoms with Gasteiger partial charge in [0.1, 0.15) is 17.9 Å². The number of fused-ring (bicyclic) bond motifs is 1. The molecule has 0 saturated carbocycles. The van der Waals surface area contributed by atoms with Gasteiger partial charge in [0, 0.05) is 57.3 Å². The number of halogens is 3. The molecule has 1 aliphatic rings. The molecule has 206 valence electrons. The average Bonchev–Trinajstić information content (AvgIpc) is 3.44. The summed E-state index contributed by atoms with van der Waals surface area (Å²) >= 11 is 0. The molecule has 38 heavy (non-hydrogen) atoms. The highest BCUT2D eigenvalue weighted by molar-refractivity contribution is 7.89. The van der Waals surface area contributed by atoms with Gasteiger partial charge >= 0.3 is 6.18 Å². The van der Waals surface area contributed by atoms with Gasteiger partial charge in [0.05, 0.1) is 30.9 Å². The van der Waals surface area contributed by atoms with Crippen LogP contribution >= 0.6 is 0 Å². The molecule has 1 saturated heterocycles. The molecule has 0 aromatic carbocycles. The minimum atomic E-state index is -4.56. The third kappa shape index (κ3) is 6.28. The second-order valence-electron chi connectivity index (χ2n) is 10.9. The predicted octanol–water partition coefficient (Wildman–Crippen LogP) is 4.42. The van der Waals surface area contributed by atoms with E-state index in [2.05, 4.69) is 35.8 Å². The maximum absolute atomic E-state index is 12.6. The quantitative estimate of drug-likeness (QED) is 0.251. The summed E-state index contributed by atoms with van der Waals surface area (Å²) < 4.78 is 72.8. The monoisotopic (exact) mass is 568 g/mol. The summed E-state index contributed by atoms with van der Waals surface area (Å²) in [4.78, 5) is 4.51. The Kier molecular flexibility index (Phi) is 7.77. The largest absolute Gasteiger partial charge is 0.390 e. The summed E-state index contributed by atoms with van der Waals surface area (Å²) in [6.07, 6.45) is 0.974. The molecular weight excluding hydrogens is 537 g/mol. The first-order chi connectivity index (χ1) is 17.7. The number of nitrogens with zero attached hydrogens (tertiary/aromatic N) is 6. The number of pyridine rings is 1. The highest BCUT2D eigenvalue weighted by Crippen LogP contribution is 2.37. The molecule has 3 aromatic rings. The van der Waals surface area contributed by atoms with E-state index in [4.69, 9.17) is 4.74 Å². The third-order valence-corrected chi connectivity index (χ3v) is 10.1. The first-order valence-electron chi connectivity index (χ1n) is 12.2. The molecule has 14 heteroatoms. The molecule has 0 bridgehead atoms. The van der Waals surface area contributed by atoms with Crippen molar-refractivity contribution in [2.24, 2.45) is 0 Å². The molecule has 4 heterocycles. The summed E-state index contributed by atoms with van der Waals surface area (Å²) in [6, 6.07) is 6.93. The van der Waals surface area contributed by atoms with Crippen LogP contribution in [0.1, 0.15) is 12.8 Å². The number of rotatable bonds is 11. The Balaban J connectivity index is 1.51. The molecule has 9 nitrogen and oxygen atoms in total. The van der Waals surface area contributed by atoms with Crippen molar-refractivity contribution in [2.75, 3.05) is 25.4 Å². The third-order valence-electron chi connectivity index (χ3n) is 6.65. The lowest BCUT2D eigenvalue weighted by Crippen LogP contribution is -2.64. The lowest BCUT2D eigenvalue weighted by molar-refractivity contribution is -0.130. The van der Waals surface area contributed by atoms with Crippen LogP contribution in [0, 0.1) is 11.3 Å². The van der Waals surface area contributed by atoms with Crippen molar-refractivity contribution in [3.63, 3.8) is 0 Å². The highest BCUT2D eigenvalue weighted by atomic mass is 32.2. The van der Waals surface area contributed by atoms with E-state index in [0.29, 0.717) is 13.3 Å². The van der Waals surface area contributed by atoms with Gasteiger partial charge in [-0.15, -0.1) is 0 Å². The van der Waals surface area contributed by atoms with E-state index in [1.165, 1.54) is 0 Å². The topological polar surface area (TPSA) is 106 Å². The molecule has 0 aliphatic carbocycles. The average molecular weight is 569 g/mol. The number of nitriles is 1. The number of sulfonamides is 1. The van der Waals surface area contributed by atoms with Crippen LogP contribution < -0.4 is 0 Å². The van der Waals surface area contributed by atoms with Crippen molar-refractivity contribution in [3.8, 4) is 17.2 Å². The second-order valence-corrected chi connectivity index (χ2v) is 18.6. The fraction of sp³-hybridized carbons (Fsp3) is 0.542. The van der Waals surface area contributed by atoms with Crippen molar-refractivity contribution in [1.82, 2.24) is 23.6 Å². The summed E-state index contributed by atoms with van der Waals surface area (Å²) in [5.41, 5.74) is 1.43. The van der Waals surface area contributed by atoms with Gasteiger partial charge in [0.15, 0.2) is 0 Å². The lowest BCUT2D eigenvalue weighted by atomic mass is 9.89. The normalized spacial score (nSPS) is 16.4. The molecule has 0 amide bonds. The fourth-order valence-corrected chi connectivity index (χ4v) is 6.75. The van der Waals surface area contributed by atoms with Gasteiger partial charge in [-0.1, -0.05) is 19.6 Å². The molecule has 0 radical (unpaired) electrons. The smallest absolute Gasteiger partial charge is 0.361 e. The standard InChI is InChI=1S/C24H31F3N6O3SSi/c1-38(2,3)13-11-36-18-31-10-5-21-20(4-9-29-22(21)31)19-14-30-33(15-19)23(6-8-28)16-32(17-23)37(34,35)12-7-24(25,26)27/h4-5,9-10,14-15H,6-7,11-13,16-18H2,1-3H3. The first kappa shape index (κ1) is 28.3. The minimum Gasteiger partial charge on any atom is -0.361 e. The van der Waals surface area contributed by atoms with Gasteiger partial charge in [-0.25, -0.2) is 13.4 Å². The Morgan fingerprint density at radius 2 is 1.97 bits per heavy atom. The van der Waals surface area contributed by atoms with Crippen LogP contribution in [0.15, 0.2) is 36.9 Å². The molecule has 0 N–H and O–H groups in total. The number of hydrogen-bond acceptors (Lipinski definition) is 6. The van der Waals surface area contributed by atoms with Crippen molar-refractivity contribution in [3.05, 3.63) is 36.9 Å². The second kappa shape index (κ2) is 10.4. The maximum Gasteiger partial charge on any atom is 0.390 e. The van der Waals surface area contributed by atoms with Crippen LogP contribution in [0.25, 0.3) is 22.2 Å². The van der Waals surface area contributed by atoms with E-state index in [1.807, 2.05) is 22.9 Å². The van der Waals surface area contributed by atoms with Crippen molar-refractivity contribution in [2.45, 2.75) is 57.0 Å². The minimum absolute atomic E-state index is 0.0314. The molecule has 1 fully saturated rings. The molecular formula is C24H31F3N6O3SSi. The van der Waals surface area contributed by atoms with E-state index in [1.54, 1.807) is 23.3 Å². The highest BCUT2D eigenvalue weighted by Gasteiger charge is 2.50. The van der Waals surface area contributed by atoms with Crippen LogP contribution in [-0.2, 0) is 27.0 Å². The lowest BCUT2D eigenvalue weighted by Gasteiger charge is -2.47. The van der Waals surface area contributed by atoms with Gasteiger partial charge in [-0.3, -0.25) is 4.68 Å². The fourth-order valence-electron chi connectivity index (χ4n) is 4.37. The Morgan fingerprint density at radius 3 is 2.63 bits per heavy atom. The van der Waals surface area contributed by atoms with Gasteiger partial charge < -0.3 is 9.30 Å². The Hall–Kier alpha value is -2.73. The molecule has 3 aromatic heterocycles. The summed E-state index contributed by atoms with van der Waals surface area (Å²) in [5, 5.41) is 14.7. The van der Waals surface area contributed by atoms with Crippen molar-refractivity contribution < 1.29 is 26.3 Å². The Morgan fingerprint density at radius 1 is 1.24 bits per heavy atom. The number of ether oxygens (including phenoxy) is 1. The SMILES string of the molecule is C[Si](C)(C)CCOCn1ccc2c(-c3cnn(C4(CC#N)CN(S(=O)(=O)CCC(F)(F)F)C4)c3)ccnc21. The van der Waals surface area contributed by atoms with E-state index in [-0.39, 0.29) is 19.5 Å². The van der Waals surface area contributed by atoms with Crippen molar-refractivity contribution >= 4 is 29.1 Å². The van der Waals surface area contributed by atoms with Gasteiger partial charge in [-0.2, -0.15) is 27.8 Å². The van der Waals surface area contributed by atoms with E-state index in [9.17, 15) is 26.9 Å². The Bertz CT molecular complexity index is 1430. The summed E-state index contributed by atoms with van der Waals surface area (Å²) in [5.74, 6) is -1.02. The van der Waals surface area contributed by atoms with Crippen molar-refractivity contribution in [1.29, 1.82) is 5.26 Å². The molecule has 0 atom stereocenters. The molecule has 1 aliphatic heterocycles. The van der Waals surface area contributed by atoms with Crippen LogP contribution in [0.3, 0.4) is 0 Å². The van der Waals surface area contributed by atoms with E-state index < -0.39 is 42.0 Å². The maximum atomic E-state index is 12.6. The van der Waals surface area contributed by atoms with E-state index >= 15 is 0 Å². The zero-order valence-corrected chi connectivity index (χ0v) is 23.4. The predicted molar refractivity (Wildman–Crippen MR) is 139 cm³/mol. The van der Waals surface area contributed by atoms with Crippen LogP contribution in [0.4, 0.5) is 13.2 Å². The van der Waals surface area contributed by atoms with Gasteiger partial charge in [0.2, 0.25) is 10.0 Å². The summed E-state index contributed by atoms with van der Waals surface area (Å²) in [6.45, 7) is 7.73. The zero-order valence-electron chi connectivity index (χ0n) is 21.6. The number of aromatic nitrogens is 4. The molecule has 0 spiro atoms. The molecule has 4 rings (SSSR count). The van der Waals surface area contributed by atoms with E-state index in [0.717, 1.165) is 32.5 Å².